The lowest BCUT2D eigenvalue weighted by molar-refractivity contribution is 0.0397. The Bertz CT molecular complexity index is 437. The molecule has 1 N–H and O–H groups in total. The summed E-state index contributed by atoms with van der Waals surface area (Å²) in [6.07, 6.45) is 9.57. The van der Waals surface area contributed by atoms with Gasteiger partial charge in [-0.2, -0.15) is 0 Å². The highest BCUT2D eigenvalue weighted by atomic mass is 32.2. The van der Waals surface area contributed by atoms with E-state index < -0.39 is 9.84 Å². The molecule has 0 aromatic heterocycles. The molecule has 0 aromatic carbocycles. The number of piperidine rings is 2. The van der Waals surface area contributed by atoms with E-state index in [4.69, 9.17) is 0 Å². The second-order valence-electron chi connectivity index (χ2n) is 7.22. The van der Waals surface area contributed by atoms with Gasteiger partial charge >= 0.3 is 0 Å². The van der Waals surface area contributed by atoms with E-state index >= 15 is 0 Å². The highest BCUT2D eigenvalue weighted by Gasteiger charge is 2.43. The van der Waals surface area contributed by atoms with Gasteiger partial charge in [0.1, 0.15) is 0 Å². The van der Waals surface area contributed by atoms with Gasteiger partial charge in [-0.1, -0.05) is 6.42 Å². The molecule has 1 saturated carbocycles. The van der Waals surface area contributed by atoms with Crippen molar-refractivity contribution >= 4 is 9.84 Å². The Hall–Kier alpha value is -0.130. The van der Waals surface area contributed by atoms with Crippen molar-refractivity contribution in [3.63, 3.8) is 0 Å². The van der Waals surface area contributed by atoms with Gasteiger partial charge in [-0.15, -0.1) is 0 Å². The smallest absolute Gasteiger partial charge is 0.151 e. The predicted octanol–water partition coefficient (Wildman–Crippen LogP) is 1.42. The number of rotatable bonds is 2. The molecule has 1 aliphatic carbocycles. The topological polar surface area (TPSA) is 49.4 Å². The molecule has 20 heavy (non-hydrogen) atoms. The highest BCUT2D eigenvalue weighted by Crippen LogP contribution is 2.39. The number of hydrogen-bond acceptors (Lipinski definition) is 4. The van der Waals surface area contributed by atoms with Gasteiger partial charge in [0.15, 0.2) is 9.84 Å². The molecule has 1 spiro atoms. The Kier molecular flexibility index (Phi) is 4.13. The lowest BCUT2D eigenvalue weighted by atomic mass is 9.74. The summed E-state index contributed by atoms with van der Waals surface area (Å²) in [5.74, 6) is 0. The Morgan fingerprint density at radius 1 is 1.15 bits per heavy atom. The van der Waals surface area contributed by atoms with Crippen LogP contribution in [0.1, 0.15) is 44.9 Å². The van der Waals surface area contributed by atoms with Crippen LogP contribution in [0.15, 0.2) is 0 Å². The zero-order chi connectivity index (χ0) is 14.2. The summed E-state index contributed by atoms with van der Waals surface area (Å²) in [4.78, 5) is 2.52. The van der Waals surface area contributed by atoms with E-state index in [0.717, 1.165) is 45.4 Å². The number of sulfone groups is 1. The number of likely N-dealkylation sites (tertiary alicyclic amines) is 1. The molecular weight excluding hydrogens is 272 g/mol. The minimum Gasteiger partial charge on any atom is -0.316 e. The third-order valence-corrected chi connectivity index (χ3v) is 7.34. The lowest BCUT2D eigenvalue weighted by Crippen LogP contribution is -2.55. The fourth-order valence-corrected chi connectivity index (χ4v) is 6.21. The molecule has 2 aliphatic heterocycles. The number of nitrogens with zero attached hydrogens (tertiary/aromatic N) is 1. The second kappa shape index (κ2) is 5.58. The largest absolute Gasteiger partial charge is 0.316 e. The van der Waals surface area contributed by atoms with Gasteiger partial charge in [0.25, 0.3) is 0 Å². The molecule has 3 atom stereocenters. The summed E-state index contributed by atoms with van der Waals surface area (Å²) in [6.45, 7) is 4.48. The first-order chi connectivity index (χ1) is 9.50. The summed E-state index contributed by atoms with van der Waals surface area (Å²) >= 11 is 0. The van der Waals surface area contributed by atoms with Crippen LogP contribution in [0.3, 0.4) is 0 Å². The van der Waals surface area contributed by atoms with Crippen LogP contribution < -0.4 is 5.32 Å². The second-order valence-corrected chi connectivity index (χ2v) is 9.49. The molecule has 0 radical (unpaired) electrons. The van der Waals surface area contributed by atoms with Crippen LogP contribution in [-0.4, -0.2) is 57.0 Å². The maximum atomic E-state index is 12.0. The van der Waals surface area contributed by atoms with E-state index in [9.17, 15) is 8.42 Å². The third-order valence-electron chi connectivity index (χ3n) is 5.69. The fourth-order valence-electron chi connectivity index (χ4n) is 4.73. The van der Waals surface area contributed by atoms with E-state index in [1.54, 1.807) is 0 Å². The van der Waals surface area contributed by atoms with Crippen molar-refractivity contribution in [3.05, 3.63) is 0 Å². The minimum atomic E-state index is -2.90. The van der Waals surface area contributed by atoms with Crippen LogP contribution in [0.25, 0.3) is 0 Å². The summed E-state index contributed by atoms with van der Waals surface area (Å²) < 4.78 is 24.0. The van der Waals surface area contributed by atoms with E-state index in [1.807, 2.05) is 0 Å². The standard InChI is InChI=1S/C15H28N2O2S/c1-20(18,19)14-6-2-5-13(14)17-10-4-8-15(12-17)7-3-9-16-11-15/h13-14,16H,2-12H2,1H3. The molecule has 2 heterocycles. The van der Waals surface area contributed by atoms with Gasteiger partial charge < -0.3 is 5.32 Å². The molecule has 3 aliphatic rings. The van der Waals surface area contributed by atoms with Crippen molar-refractivity contribution < 1.29 is 8.42 Å². The molecule has 3 unspecified atom stereocenters. The molecule has 0 bridgehead atoms. The van der Waals surface area contributed by atoms with Gasteiger partial charge in [-0.3, -0.25) is 4.90 Å². The monoisotopic (exact) mass is 300 g/mol. The van der Waals surface area contributed by atoms with Gasteiger partial charge in [0, 0.05) is 25.4 Å². The van der Waals surface area contributed by atoms with Gasteiger partial charge in [0.05, 0.1) is 5.25 Å². The maximum absolute atomic E-state index is 12.0. The Morgan fingerprint density at radius 3 is 2.65 bits per heavy atom. The third kappa shape index (κ3) is 2.90. The van der Waals surface area contributed by atoms with E-state index in [-0.39, 0.29) is 11.3 Å². The fraction of sp³-hybridized carbons (Fsp3) is 1.00. The number of nitrogens with one attached hydrogen (secondary N) is 1. The molecule has 2 saturated heterocycles. The summed E-state index contributed by atoms with van der Waals surface area (Å²) in [5, 5.41) is 3.44. The summed E-state index contributed by atoms with van der Waals surface area (Å²) in [5.41, 5.74) is 0.418. The van der Waals surface area contributed by atoms with Crippen LogP contribution in [0, 0.1) is 5.41 Å². The molecule has 0 aromatic rings. The summed E-state index contributed by atoms with van der Waals surface area (Å²) in [7, 11) is -2.90. The van der Waals surface area contributed by atoms with Crippen LogP contribution in [-0.2, 0) is 9.84 Å². The molecule has 116 valence electrons. The molecule has 0 amide bonds. The average Bonchev–Trinajstić information content (AvgIpc) is 2.89. The van der Waals surface area contributed by atoms with Crippen molar-refractivity contribution in [2.75, 3.05) is 32.4 Å². The van der Waals surface area contributed by atoms with Crippen LogP contribution in [0.4, 0.5) is 0 Å². The van der Waals surface area contributed by atoms with Gasteiger partial charge in [-0.05, 0) is 57.0 Å². The molecule has 4 nitrogen and oxygen atoms in total. The highest BCUT2D eigenvalue weighted by molar-refractivity contribution is 7.91. The van der Waals surface area contributed by atoms with Gasteiger partial charge in [0.2, 0.25) is 0 Å². The van der Waals surface area contributed by atoms with E-state index in [2.05, 4.69) is 10.2 Å². The first-order valence-electron chi connectivity index (χ1n) is 8.14. The van der Waals surface area contributed by atoms with E-state index in [1.165, 1.54) is 31.9 Å². The molecular formula is C15H28N2O2S. The average molecular weight is 300 g/mol. The first kappa shape index (κ1) is 14.8. The van der Waals surface area contributed by atoms with Gasteiger partial charge in [-0.25, -0.2) is 8.42 Å². The normalized spacial score (nSPS) is 40.2. The van der Waals surface area contributed by atoms with Crippen molar-refractivity contribution in [2.24, 2.45) is 5.41 Å². The minimum absolute atomic E-state index is 0.116. The maximum Gasteiger partial charge on any atom is 0.151 e. The molecule has 5 heteroatoms. The first-order valence-corrected chi connectivity index (χ1v) is 10.1. The van der Waals surface area contributed by atoms with Crippen molar-refractivity contribution in [2.45, 2.75) is 56.2 Å². The van der Waals surface area contributed by atoms with Crippen LogP contribution >= 0.6 is 0 Å². The zero-order valence-electron chi connectivity index (χ0n) is 12.6. The Morgan fingerprint density at radius 2 is 1.95 bits per heavy atom. The SMILES string of the molecule is CS(=O)(=O)C1CCCC1N1CCCC2(CCCNC2)C1. The Labute approximate surface area is 123 Å². The van der Waals surface area contributed by atoms with Crippen molar-refractivity contribution in [1.29, 1.82) is 0 Å². The molecule has 3 rings (SSSR count). The van der Waals surface area contributed by atoms with Crippen LogP contribution in [0.5, 0.6) is 0 Å². The number of hydrogen-bond donors (Lipinski definition) is 1. The van der Waals surface area contributed by atoms with Crippen molar-refractivity contribution in [1.82, 2.24) is 10.2 Å². The van der Waals surface area contributed by atoms with E-state index in [0.29, 0.717) is 5.41 Å². The predicted molar refractivity (Wildman–Crippen MR) is 81.6 cm³/mol. The quantitative estimate of drug-likeness (QED) is 0.838. The Balaban J connectivity index is 1.73. The zero-order valence-corrected chi connectivity index (χ0v) is 13.4. The lowest BCUT2D eigenvalue weighted by Gasteiger charge is -2.48. The molecule has 3 fully saturated rings. The summed E-state index contributed by atoms with van der Waals surface area (Å²) in [6, 6.07) is 0.282. The van der Waals surface area contributed by atoms with Crippen molar-refractivity contribution in [3.8, 4) is 0 Å². The van der Waals surface area contributed by atoms with Crippen LogP contribution in [0.2, 0.25) is 0 Å².